The number of carbonyl (C=O) groups is 1. The van der Waals surface area contributed by atoms with E-state index in [0.717, 1.165) is 27.7 Å². The van der Waals surface area contributed by atoms with E-state index in [2.05, 4.69) is 15.0 Å². The Morgan fingerprint density at radius 3 is 2.82 bits per heavy atom. The van der Waals surface area contributed by atoms with Crippen molar-refractivity contribution in [1.29, 1.82) is 0 Å². The molecule has 0 aliphatic rings. The van der Waals surface area contributed by atoms with Crippen molar-refractivity contribution in [3.05, 3.63) is 48.4 Å². The summed E-state index contributed by atoms with van der Waals surface area (Å²) in [5.74, 6) is -0.934. The molecule has 0 aliphatic carbocycles. The number of fused-ring (bicyclic) bond motifs is 2. The van der Waals surface area contributed by atoms with Crippen LogP contribution in [0.3, 0.4) is 0 Å². The lowest BCUT2D eigenvalue weighted by Gasteiger charge is -1.99. The third-order valence-corrected chi connectivity index (χ3v) is 3.79. The first kappa shape index (κ1) is 12.6. The molecule has 0 saturated heterocycles. The van der Waals surface area contributed by atoms with E-state index >= 15 is 0 Å². The lowest BCUT2D eigenvalue weighted by atomic mass is 10.1. The zero-order chi connectivity index (χ0) is 15.3. The van der Waals surface area contributed by atoms with Gasteiger partial charge in [-0.3, -0.25) is 4.98 Å². The predicted octanol–water partition coefficient (Wildman–Crippen LogP) is 2.81. The van der Waals surface area contributed by atoms with E-state index in [1.165, 1.54) is 0 Å². The van der Waals surface area contributed by atoms with Crippen molar-refractivity contribution in [2.75, 3.05) is 0 Å². The van der Waals surface area contributed by atoms with Gasteiger partial charge in [-0.2, -0.15) is 0 Å². The molecule has 0 saturated carbocycles. The Kier molecular flexibility index (Phi) is 2.53. The second-order valence-corrected chi connectivity index (χ2v) is 5.16. The van der Waals surface area contributed by atoms with Crippen LogP contribution in [0.2, 0.25) is 0 Å². The quantitative estimate of drug-likeness (QED) is 0.595. The number of hydrogen-bond acceptors (Lipinski definition) is 3. The van der Waals surface area contributed by atoms with Gasteiger partial charge in [0.2, 0.25) is 0 Å². The van der Waals surface area contributed by atoms with E-state index < -0.39 is 5.97 Å². The molecule has 6 heteroatoms. The van der Waals surface area contributed by atoms with Gasteiger partial charge in [-0.25, -0.2) is 9.78 Å². The minimum atomic E-state index is -0.934. The van der Waals surface area contributed by atoms with Gasteiger partial charge < -0.3 is 14.7 Å². The highest BCUT2D eigenvalue weighted by Gasteiger charge is 2.14. The van der Waals surface area contributed by atoms with E-state index in [4.69, 9.17) is 0 Å². The third kappa shape index (κ3) is 1.77. The molecule has 0 spiro atoms. The SMILES string of the molecule is Cn1cc(-c2cc3nccnc3[nH]2)c2cc(C(=O)O)ccc21. The molecule has 22 heavy (non-hydrogen) atoms. The highest BCUT2D eigenvalue weighted by Crippen LogP contribution is 2.31. The Bertz CT molecular complexity index is 996. The summed E-state index contributed by atoms with van der Waals surface area (Å²) in [7, 11) is 1.94. The van der Waals surface area contributed by atoms with Crippen molar-refractivity contribution < 1.29 is 9.90 Å². The molecule has 4 aromatic rings. The van der Waals surface area contributed by atoms with Gasteiger partial charge in [0.1, 0.15) is 5.52 Å². The molecule has 0 unspecified atom stereocenters. The molecule has 0 fully saturated rings. The second-order valence-electron chi connectivity index (χ2n) is 5.16. The zero-order valence-corrected chi connectivity index (χ0v) is 11.7. The molecule has 0 amide bonds. The van der Waals surface area contributed by atoms with E-state index in [9.17, 15) is 9.90 Å². The van der Waals surface area contributed by atoms with E-state index in [0.29, 0.717) is 5.65 Å². The van der Waals surface area contributed by atoms with Crippen LogP contribution >= 0.6 is 0 Å². The highest BCUT2D eigenvalue weighted by molar-refractivity contribution is 6.01. The van der Waals surface area contributed by atoms with Crippen molar-refractivity contribution in [1.82, 2.24) is 19.5 Å². The van der Waals surface area contributed by atoms with Crippen molar-refractivity contribution in [3.8, 4) is 11.3 Å². The molecule has 0 atom stereocenters. The van der Waals surface area contributed by atoms with Crippen molar-refractivity contribution in [3.63, 3.8) is 0 Å². The maximum atomic E-state index is 11.2. The van der Waals surface area contributed by atoms with Gasteiger partial charge >= 0.3 is 5.97 Å². The van der Waals surface area contributed by atoms with Crippen LogP contribution in [0.25, 0.3) is 33.3 Å². The number of nitrogens with one attached hydrogen (secondary N) is 1. The predicted molar refractivity (Wildman–Crippen MR) is 82.8 cm³/mol. The molecule has 3 aromatic heterocycles. The lowest BCUT2D eigenvalue weighted by molar-refractivity contribution is 0.0697. The van der Waals surface area contributed by atoms with Crippen molar-refractivity contribution in [2.24, 2.45) is 7.05 Å². The van der Waals surface area contributed by atoms with Gasteiger partial charge in [0.05, 0.1) is 11.3 Å². The Morgan fingerprint density at radius 1 is 1.23 bits per heavy atom. The number of aromatic nitrogens is 4. The maximum absolute atomic E-state index is 11.2. The van der Waals surface area contributed by atoms with Crippen LogP contribution < -0.4 is 0 Å². The molecule has 4 rings (SSSR count). The van der Waals surface area contributed by atoms with Crippen molar-refractivity contribution >= 4 is 28.0 Å². The summed E-state index contributed by atoms with van der Waals surface area (Å²) in [6.45, 7) is 0. The third-order valence-electron chi connectivity index (χ3n) is 3.79. The zero-order valence-electron chi connectivity index (χ0n) is 11.7. The molecule has 108 valence electrons. The van der Waals surface area contributed by atoms with E-state index in [-0.39, 0.29) is 5.56 Å². The number of carboxylic acid groups (broad SMARTS) is 1. The fraction of sp³-hybridized carbons (Fsp3) is 0.0625. The largest absolute Gasteiger partial charge is 0.478 e. The average molecular weight is 292 g/mol. The molecule has 6 nitrogen and oxygen atoms in total. The molecule has 0 bridgehead atoms. The van der Waals surface area contributed by atoms with Gasteiger partial charge in [-0.15, -0.1) is 0 Å². The van der Waals surface area contributed by atoms with Gasteiger partial charge in [0.25, 0.3) is 0 Å². The summed E-state index contributed by atoms with van der Waals surface area (Å²) in [6.07, 6.45) is 5.25. The number of carboxylic acids is 1. The van der Waals surface area contributed by atoms with E-state index in [1.807, 2.05) is 29.9 Å². The molecule has 0 radical (unpaired) electrons. The Morgan fingerprint density at radius 2 is 2.05 bits per heavy atom. The standard InChI is InChI=1S/C16H12N4O2/c1-20-8-11(10-6-9(16(21)22)2-3-14(10)20)12-7-13-15(19-12)18-5-4-17-13/h2-8H,1H3,(H,18,19)(H,21,22). The van der Waals surface area contributed by atoms with Crippen LogP contribution in [-0.2, 0) is 7.05 Å². The summed E-state index contributed by atoms with van der Waals surface area (Å²) in [5, 5.41) is 10.1. The first-order valence-corrected chi connectivity index (χ1v) is 6.76. The van der Waals surface area contributed by atoms with Crippen LogP contribution in [-0.4, -0.2) is 30.6 Å². The topological polar surface area (TPSA) is 83.8 Å². The summed E-state index contributed by atoms with van der Waals surface area (Å²) < 4.78 is 1.97. The summed E-state index contributed by atoms with van der Waals surface area (Å²) in [6, 6.07) is 7.05. The average Bonchev–Trinajstić information content (AvgIpc) is 3.08. The molecular weight excluding hydrogens is 280 g/mol. The maximum Gasteiger partial charge on any atom is 0.335 e. The number of rotatable bonds is 2. The van der Waals surface area contributed by atoms with Crippen LogP contribution in [0.5, 0.6) is 0 Å². The summed E-state index contributed by atoms with van der Waals surface area (Å²) >= 11 is 0. The highest BCUT2D eigenvalue weighted by atomic mass is 16.4. The summed E-state index contributed by atoms with van der Waals surface area (Å²) in [4.78, 5) is 22.9. The molecule has 0 aliphatic heterocycles. The normalized spacial score (nSPS) is 11.3. The first-order chi connectivity index (χ1) is 10.6. The smallest absolute Gasteiger partial charge is 0.335 e. The number of hydrogen-bond donors (Lipinski definition) is 2. The van der Waals surface area contributed by atoms with Gasteiger partial charge in [0, 0.05) is 42.1 Å². The van der Waals surface area contributed by atoms with Gasteiger partial charge in [-0.1, -0.05) is 0 Å². The Hall–Kier alpha value is -3.15. The number of aromatic amines is 1. The first-order valence-electron chi connectivity index (χ1n) is 6.76. The molecule has 1 aromatic carbocycles. The van der Waals surface area contributed by atoms with Crippen LogP contribution in [0.4, 0.5) is 0 Å². The number of aryl methyl sites for hydroxylation is 1. The summed E-state index contributed by atoms with van der Waals surface area (Å²) in [5.41, 5.74) is 4.54. The fourth-order valence-electron chi connectivity index (χ4n) is 2.74. The van der Waals surface area contributed by atoms with Crippen molar-refractivity contribution in [2.45, 2.75) is 0 Å². The fourth-order valence-corrected chi connectivity index (χ4v) is 2.74. The number of nitrogens with zero attached hydrogens (tertiary/aromatic N) is 3. The van der Waals surface area contributed by atoms with Crippen LogP contribution in [0.15, 0.2) is 42.9 Å². The van der Waals surface area contributed by atoms with Crippen LogP contribution in [0, 0.1) is 0 Å². The monoisotopic (exact) mass is 292 g/mol. The number of benzene rings is 1. The van der Waals surface area contributed by atoms with Gasteiger partial charge in [0.15, 0.2) is 5.65 Å². The Balaban J connectivity index is 2.00. The minimum Gasteiger partial charge on any atom is -0.478 e. The lowest BCUT2D eigenvalue weighted by Crippen LogP contribution is -1.95. The second kappa shape index (κ2) is 4.42. The number of H-pyrrole nitrogens is 1. The molecule has 3 heterocycles. The van der Waals surface area contributed by atoms with Crippen LogP contribution in [0.1, 0.15) is 10.4 Å². The molecule has 2 N–H and O–H groups in total. The molecular formula is C16H12N4O2. The number of aromatic carboxylic acids is 1. The van der Waals surface area contributed by atoms with E-state index in [1.54, 1.807) is 24.5 Å². The Labute approximate surface area is 125 Å². The minimum absolute atomic E-state index is 0.271. The van der Waals surface area contributed by atoms with Gasteiger partial charge in [-0.05, 0) is 24.3 Å².